The standard InChI is InChI=1S/C24H16FN3O6/c25-19-6-2-3-7-20(19)27-23(30)18(22(29)26-24(27)31)13-16-5-1-4-8-21(16)34-14-15-9-11-17(12-10-15)28(32)33/h1-13H,14H2,(H,26,29,31)/b18-13-. The molecule has 1 N–H and O–H groups in total. The summed E-state index contributed by atoms with van der Waals surface area (Å²) < 4.78 is 20.0. The lowest BCUT2D eigenvalue weighted by atomic mass is 10.1. The van der Waals surface area contributed by atoms with E-state index in [9.17, 15) is 28.9 Å². The Labute approximate surface area is 192 Å². The molecule has 1 saturated heterocycles. The number of benzene rings is 3. The molecule has 4 amide bonds. The third kappa shape index (κ3) is 4.51. The molecular formula is C24H16FN3O6. The SMILES string of the molecule is O=C1NC(=O)N(c2ccccc2F)C(=O)/C1=C\c1ccccc1OCc1ccc([N+](=O)[O-])cc1. The van der Waals surface area contributed by atoms with Crippen LogP contribution in [0.25, 0.3) is 6.08 Å². The molecular weight excluding hydrogens is 445 g/mol. The average Bonchev–Trinajstić information content (AvgIpc) is 2.82. The number of rotatable bonds is 6. The number of para-hydroxylation sites is 2. The monoisotopic (exact) mass is 461 g/mol. The van der Waals surface area contributed by atoms with Crippen LogP contribution in [0, 0.1) is 15.9 Å². The fourth-order valence-electron chi connectivity index (χ4n) is 3.27. The van der Waals surface area contributed by atoms with Crippen LogP contribution < -0.4 is 15.0 Å². The second-order valence-electron chi connectivity index (χ2n) is 7.16. The molecule has 34 heavy (non-hydrogen) atoms. The van der Waals surface area contributed by atoms with E-state index in [2.05, 4.69) is 0 Å². The third-order valence-corrected chi connectivity index (χ3v) is 4.96. The molecule has 0 aromatic heterocycles. The van der Waals surface area contributed by atoms with Gasteiger partial charge in [0.2, 0.25) is 0 Å². The van der Waals surface area contributed by atoms with Crippen molar-refractivity contribution in [3.05, 3.63) is 105 Å². The number of ether oxygens (including phenoxy) is 1. The van der Waals surface area contributed by atoms with E-state index in [1.54, 1.807) is 36.4 Å². The second-order valence-corrected chi connectivity index (χ2v) is 7.16. The highest BCUT2D eigenvalue weighted by Crippen LogP contribution is 2.27. The van der Waals surface area contributed by atoms with Crippen LogP contribution in [-0.2, 0) is 16.2 Å². The van der Waals surface area contributed by atoms with Crippen LogP contribution in [0.3, 0.4) is 0 Å². The molecule has 1 aliphatic rings. The largest absolute Gasteiger partial charge is 0.488 e. The molecule has 1 aliphatic heterocycles. The van der Waals surface area contributed by atoms with Gasteiger partial charge in [-0.05, 0) is 42.0 Å². The van der Waals surface area contributed by atoms with E-state index in [1.807, 2.05) is 5.32 Å². The number of hydrogen-bond donors (Lipinski definition) is 1. The van der Waals surface area contributed by atoms with Gasteiger partial charge in [-0.1, -0.05) is 30.3 Å². The van der Waals surface area contributed by atoms with Crippen LogP contribution in [-0.4, -0.2) is 22.8 Å². The minimum absolute atomic E-state index is 0.0512. The summed E-state index contributed by atoms with van der Waals surface area (Å²) in [7, 11) is 0. The Kier molecular flexibility index (Phi) is 6.13. The first-order chi connectivity index (χ1) is 16.3. The van der Waals surface area contributed by atoms with Gasteiger partial charge >= 0.3 is 6.03 Å². The van der Waals surface area contributed by atoms with E-state index >= 15 is 0 Å². The molecule has 9 nitrogen and oxygen atoms in total. The minimum atomic E-state index is -1.06. The van der Waals surface area contributed by atoms with Crippen LogP contribution in [0.4, 0.5) is 20.6 Å². The van der Waals surface area contributed by atoms with Crippen molar-refractivity contribution in [1.82, 2.24) is 5.32 Å². The van der Waals surface area contributed by atoms with E-state index in [1.165, 1.54) is 36.4 Å². The number of anilines is 1. The maximum absolute atomic E-state index is 14.2. The van der Waals surface area contributed by atoms with Gasteiger partial charge in [-0.15, -0.1) is 0 Å². The van der Waals surface area contributed by atoms with Crippen LogP contribution in [0.15, 0.2) is 78.4 Å². The van der Waals surface area contributed by atoms with Gasteiger partial charge in [-0.25, -0.2) is 14.1 Å². The second kappa shape index (κ2) is 9.33. The molecule has 170 valence electrons. The Morgan fingerprint density at radius 1 is 0.971 bits per heavy atom. The van der Waals surface area contributed by atoms with Gasteiger partial charge in [0.05, 0.1) is 10.6 Å². The zero-order chi connectivity index (χ0) is 24.2. The van der Waals surface area contributed by atoms with Crippen molar-refractivity contribution in [2.45, 2.75) is 6.61 Å². The summed E-state index contributed by atoms with van der Waals surface area (Å²) in [4.78, 5) is 48.5. The molecule has 0 radical (unpaired) electrons. The molecule has 0 aliphatic carbocycles. The quantitative estimate of drug-likeness (QED) is 0.257. The highest BCUT2D eigenvalue weighted by atomic mass is 19.1. The average molecular weight is 461 g/mol. The fraction of sp³-hybridized carbons (Fsp3) is 0.0417. The van der Waals surface area contributed by atoms with Crippen molar-refractivity contribution in [2.75, 3.05) is 4.90 Å². The van der Waals surface area contributed by atoms with Gasteiger partial charge in [0.25, 0.3) is 17.5 Å². The van der Waals surface area contributed by atoms with Gasteiger partial charge in [0, 0.05) is 17.7 Å². The summed E-state index contributed by atoms with van der Waals surface area (Å²) in [6.45, 7) is 0.0676. The molecule has 10 heteroatoms. The fourth-order valence-corrected chi connectivity index (χ4v) is 3.27. The Morgan fingerprint density at radius 2 is 1.65 bits per heavy atom. The summed E-state index contributed by atoms with van der Waals surface area (Å²) in [6, 6.07) is 16.5. The van der Waals surface area contributed by atoms with Gasteiger partial charge in [-0.3, -0.25) is 25.0 Å². The normalized spacial score (nSPS) is 14.8. The number of carbonyl (C=O) groups excluding carboxylic acids is 3. The zero-order valence-electron chi connectivity index (χ0n) is 17.4. The van der Waals surface area contributed by atoms with E-state index in [-0.39, 0.29) is 23.6 Å². The first kappa shape index (κ1) is 22.3. The van der Waals surface area contributed by atoms with Crippen molar-refractivity contribution in [2.24, 2.45) is 0 Å². The van der Waals surface area contributed by atoms with Gasteiger partial charge in [0.15, 0.2) is 0 Å². The predicted molar refractivity (Wildman–Crippen MR) is 119 cm³/mol. The summed E-state index contributed by atoms with van der Waals surface area (Å²) in [6.07, 6.45) is 1.25. The number of hydrogen-bond acceptors (Lipinski definition) is 6. The number of halogens is 1. The van der Waals surface area contributed by atoms with Crippen LogP contribution in [0.2, 0.25) is 0 Å². The summed E-state index contributed by atoms with van der Waals surface area (Å²) in [5.74, 6) is -2.38. The molecule has 3 aromatic rings. The number of imide groups is 2. The Balaban J connectivity index is 1.61. The summed E-state index contributed by atoms with van der Waals surface area (Å²) in [5, 5.41) is 12.8. The number of carbonyl (C=O) groups is 3. The topological polar surface area (TPSA) is 119 Å². The van der Waals surface area contributed by atoms with Crippen molar-refractivity contribution < 1.29 is 28.4 Å². The van der Waals surface area contributed by atoms with E-state index in [4.69, 9.17) is 4.74 Å². The smallest absolute Gasteiger partial charge is 0.336 e. The first-order valence-electron chi connectivity index (χ1n) is 9.96. The van der Waals surface area contributed by atoms with Crippen molar-refractivity contribution in [3.63, 3.8) is 0 Å². The number of barbiturate groups is 1. The molecule has 0 spiro atoms. The first-order valence-corrected chi connectivity index (χ1v) is 9.96. The van der Waals surface area contributed by atoms with Crippen LogP contribution in [0.1, 0.15) is 11.1 Å². The maximum Gasteiger partial charge on any atom is 0.336 e. The van der Waals surface area contributed by atoms with Gasteiger partial charge in [-0.2, -0.15) is 0 Å². The van der Waals surface area contributed by atoms with E-state index < -0.39 is 28.6 Å². The van der Waals surface area contributed by atoms with Crippen molar-refractivity contribution >= 4 is 35.3 Å². The number of nitrogens with zero attached hydrogens (tertiary/aromatic N) is 2. The molecule has 1 fully saturated rings. The zero-order valence-corrected chi connectivity index (χ0v) is 17.4. The maximum atomic E-state index is 14.2. The number of nitro benzene ring substituents is 1. The minimum Gasteiger partial charge on any atom is -0.488 e. The Bertz CT molecular complexity index is 1340. The Hall–Kier alpha value is -4.86. The number of non-ortho nitro benzene ring substituents is 1. The van der Waals surface area contributed by atoms with E-state index in [0.717, 1.165) is 6.07 Å². The summed E-state index contributed by atoms with van der Waals surface area (Å²) in [5.41, 5.74) is 0.312. The molecule has 0 unspecified atom stereocenters. The third-order valence-electron chi connectivity index (χ3n) is 4.96. The molecule has 4 rings (SSSR count). The van der Waals surface area contributed by atoms with Crippen LogP contribution >= 0.6 is 0 Å². The molecule has 1 heterocycles. The van der Waals surface area contributed by atoms with Crippen molar-refractivity contribution in [1.29, 1.82) is 0 Å². The van der Waals surface area contributed by atoms with Gasteiger partial charge < -0.3 is 4.74 Å². The highest BCUT2D eigenvalue weighted by molar-refractivity contribution is 6.39. The van der Waals surface area contributed by atoms with E-state index in [0.29, 0.717) is 21.8 Å². The number of nitrogens with one attached hydrogen (secondary N) is 1. The molecule has 0 bridgehead atoms. The Morgan fingerprint density at radius 3 is 2.35 bits per heavy atom. The highest BCUT2D eigenvalue weighted by Gasteiger charge is 2.38. The summed E-state index contributed by atoms with van der Waals surface area (Å²) >= 11 is 0. The molecule has 0 atom stereocenters. The van der Waals surface area contributed by atoms with Crippen LogP contribution in [0.5, 0.6) is 5.75 Å². The lowest BCUT2D eigenvalue weighted by Crippen LogP contribution is -2.54. The van der Waals surface area contributed by atoms with Crippen molar-refractivity contribution in [3.8, 4) is 5.75 Å². The lowest BCUT2D eigenvalue weighted by Gasteiger charge is -2.26. The molecule has 0 saturated carbocycles. The lowest BCUT2D eigenvalue weighted by molar-refractivity contribution is -0.384. The van der Waals surface area contributed by atoms with Gasteiger partial charge in [0.1, 0.15) is 23.7 Å². The predicted octanol–water partition coefficient (Wildman–Crippen LogP) is 3.98. The number of urea groups is 1. The number of amides is 4. The molecule has 3 aromatic carbocycles. The number of nitro groups is 1.